The van der Waals surface area contributed by atoms with Gasteiger partial charge in [-0.2, -0.15) is 0 Å². The first-order valence-electron chi connectivity index (χ1n) is 3.68. The third kappa shape index (κ3) is 2.28. The van der Waals surface area contributed by atoms with Crippen LogP contribution in [0.25, 0.3) is 0 Å². The van der Waals surface area contributed by atoms with Gasteiger partial charge < -0.3 is 5.11 Å². The molecular formula is C7H11O3P. The summed E-state index contributed by atoms with van der Waals surface area (Å²) in [6.07, 6.45) is 6.29. The second-order valence-electron chi connectivity index (χ2n) is 2.74. The van der Waals surface area contributed by atoms with Crippen LogP contribution in [0.15, 0.2) is 12.2 Å². The van der Waals surface area contributed by atoms with Gasteiger partial charge in [-0.3, -0.25) is 0 Å². The molecule has 0 aromatic rings. The van der Waals surface area contributed by atoms with Crippen LogP contribution in [0.4, 0.5) is 0 Å². The lowest BCUT2D eigenvalue weighted by atomic mass is 9.95. The van der Waals surface area contributed by atoms with Crippen LogP contribution < -0.4 is 0 Å². The second-order valence-corrected chi connectivity index (χ2v) is 3.84. The average Bonchev–Trinajstić information content (AvgIpc) is 2.05. The van der Waals surface area contributed by atoms with E-state index in [4.69, 9.17) is 5.11 Å². The number of aliphatic hydroxyl groups is 1. The summed E-state index contributed by atoms with van der Waals surface area (Å²) >= 11 is 0. The first kappa shape index (κ1) is 8.69. The molecule has 1 N–H and O–H groups in total. The van der Waals surface area contributed by atoms with E-state index in [-0.39, 0.29) is 5.92 Å². The topological polar surface area (TPSA) is 54.4 Å². The summed E-state index contributed by atoms with van der Waals surface area (Å²) in [4.78, 5) is 0. The van der Waals surface area contributed by atoms with Crippen LogP contribution >= 0.6 is 7.68 Å². The summed E-state index contributed by atoms with van der Waals surface area (Å²) in [5, 5.41) is 9.12. The molecule has 0 aliphatic heterocycles. The quantitative estimate of drug-likeness (QED) is 0.513. The van der Waals surface area contributed by atoms with Crippen LogP contribution in [0, 0.1) is 5.92 Å². The summed E-state index contributed by atoms with van der Waals surface area (Å²) in [6.45, 7) is 0. The van der Waals surface area contributed by atoms with Crippen molar-refractivity contribution in [2.45, 2.75) is 25.1 Å². The lowest BCUT2D eigenvalue weighted by molar-refractivity contribution is 0.169. The fraction of sp³-hybridized carbons (Fsp3) is 0.714. The molecule has 0 saturated carbocycles. The summed E-state index contributed by atoms with van der Waals surface area (Å²) in [6, 6.07) is 0. The standard InChI is InChI=1S/C7H11O3P/c8-7(11(9)10)6-4-2-1-3-5-6/h1-2,6-8H,3-5H2/t6-,7-/m1/s1. The van der Waals surface area contributed by atoms with Crippen LogP contribution in [0.5, 0.6) is 0 Å². The molecule has 1 aliphatic carbocycles. The number of rotatable bonds is 2. The van der Waals surface area contributed by atoms with Gasteiger partial charge in [-0.05, 0) is 19.3 Å². The van der Waals surface area contributed by atoms with Gasteiger partial charge in [-0.25, -0.2) is 9.13 Å². The van der Waals surface area contributed by atoms with Crippen LogP contribution in [0.2, 0.25) is 0 Å². The van der Waals surface area contributed by atoms with Crippen molar-refractivity contribution < 1.29 is 14.2 Å². The average molecular weight is 174 g/mol. The largest absolute Gasteiger partial charge is 0.378 e. The highest BCUT2D eigenvalue weighted by molar-refractivity contribution is 7.31. The number of allylic oxidation sites excluding steroid dienone is 2. The highest BCUT2D eigenvalue weighted by atomic mass is 31.1. The third-order valence-corrected chi connectivity index (χ3v) is 2.80. The lowest BCUT2D eigenvalue weighted by Crippen LogP contribution is -2.16. The molecule has 0 saturated heterocycles. The fourth-order valence-electron chi connectivity index (χ4n) is 1.26. The lowest BCUT2D eigenvalue weighted by Gasteiger charge is -2.17. The molecule has 0 aromatic carbocycles. The predicted octanol–water partition coefficient (Wildman–Crippen LogP) is 1.83. The van der Waals surface area contributed by atoms with Gasteiger partial charge in [0.05, 0.1) is 0 Å². The first-order chi connectivity index (χ1) is 5.22. The van der Waals surface area contributed by atoms with Crippen molar-refractivity contribution in [2.75, 3.05) is 0 Å². The normalized spacial score (nSPS) is 26.5. The molecule has 4 heteroatoms. The Hall–Kier alpha value is -0.400. The van der Waals surface area contributed by atoms with Gasteiger partial charge in [-0.1, -0.05) is 12.2 Å². The molecule has 2 atom stereocenters. The zero-order valence-corrected chi connectivity index (χ0v) is 7.04. The molecule has 11 heavy (non-hydrogen) atoms. The third-order valence-electron chi connectivity index (χ3n) is 1.95. The Morgan fingerprint density at radius 2 is 2.18 bits per heavy atom. The predicted molar refractivity (Wildman–Crippen MR) is 40.8 cm³/mol. The van der Waals surface area contributed by atoms with Crippen LogP contribution in [0.3, 0.4) is 0 Å². The van der Waals surface area contributed by atoms with Crippen molar-refractivity contribution in [3.05, 3.63) is 12.2 Å². The van der Waals surface area contributed by atoms with Gasteiger partial charge in [0.1, 0.15) is 0 Å². The molecule has 0 unspecified atom stereocenters. The molecule has 0 aromatic heterocycles. The van der Waals surface area contributed by atoms with E-state index >= 15 is 0 Å². The van der Waals surface area contributed by atoms with Crippen LogP contribution in [-0.2, 0) is 9.13 Å². The smallest absolute Gasteiger partial charge is 0.345 e. The van der Waals surface area contributed by atoms with E-state index in [1.54, 1.807) is 0 Å². The summed E-state index contributed by atoms with van der Waals surface area (Å²) in [7, 11) is -2.66. The van der Waals surface area contributed by atoms with Gasteiger partial charge >= 0.3 is 7.68 Å². The summed E-state index contributed by atoms with van der Waals surface area (Å²) < 4.78 is 20.7. The Morgan fingerprint density at radius 3 is 2.64 bits per heavy atom. The molecule has 0 bridgehead atoms. The zero-order chi connectivity index (χ0) is 8.27. The van der Waals surface area contributed by atoms with Crippen LogP contribution in [-0.4, -0.2) is 11.0 Å². The first-order valence-corrected chi connectivity index (χ1v) is 4.93. The molecule has 0 spiro atoms. The van der Waals surface area contributed by atoms with E-state index in [0.29, 0.717) is 6.42 Å². The Labute approximate surface area is 65.9 Å². The van der Waals surface area contributed by atoms with Crippen molar-refractivity contribution in [2.24, 2.45) is 5.92 Å². The highest BCUT2D eigenvalue weighted by Crippen LogP contribution is 2.29. The Kier molecular flexibility index (Phi) is 3.03. The second kappa shape index (κ2) is 3.84. The number of hydrogen-bond donors (Lipinski definition) is 1. The van der Waals surface area contributed by atoms with E-state index in [1.165, 1.54) is 0 Å². The minimum absolute atomic E-state index is 0.0823. The van der Waals surface area contributed by atoms with Gasteiger partial charge in [0, 0.05) is 5.92 Å². The van der Waals surface area contributed by atoms with Crippen molar-refractivity contribution >= 4 is 7.68 Å². The zero-order valence-electron chi connectivity index (χ0n) is 6.14. The van der Waals surface area contributed by atoms with Crippen molar-refractivity contribution in [1.29, 1.82) is 0 Å². The van der Waals surface area contributed by atoms with E-state index in [9.17, 15) is 9.13 Å². The van der Waals surface area contributed by atoms with Gasteiger partial charge in [0.15, 0.2) is 5.85 Å². The molecule has 0 amide bonds. The molecule has 62 valence electrons. The Bertz CT molecular complexity index is 212. The van der Waals surface area contributed by atoms with Crippen molar-refractivity contribution in [3.63, 3.8) is 0 Å². The molecule has 0 heterocycles. The molecule has 1 rings (SSSR count). The number of aliphatic hydroxyl groups excluding tert-OH is 1. The molecular weight excluding hydrogens is 163 g/mol. The van der Waals surface area contributed by atoms with Crippen molar-refractivity contribution in [3.8, 4) is 0 Å². The maximum Gasteiger partial charge on any atom is 0.345 e. The summed E-state index contributed by atoms with van der Waals surface area (Å²) in [5.74, 6) is -1.23. The van der Waals surface area contributed by atoms with Crippen LogP contribution in [0.1, 0.15) is 19.3 Å². The van der Waals surface area contributed by atoms with Gasteiger partial charge in [-0.15, -0.1) is 0 Å². The minimum atomic E-state index is -2.66. The number of hydrogen-bond acceptors (Lipinski definition) is 3. The van der Waals surface area contributed by atoms with E-state index in [1.807, 2.05) is 12.2 Å². The fourth-order valence-corrected chi connectivity index (χ4v) is 1.87. The highest BCUT2D eigenvalue weighted by Gasteiger charge is 2.23. The molecule has 0 radical (unpaired) electrons. The maximum absolute atomic E-state index is 10.4. The minimum Gasteiger partial charge on any atom is -0.378 e. The maximum atomic E-state index is 10.4. The van der Waals surface area contributed by atoms with E-state index in [2.05, 4.69) is 0 Å². The molecule has 1 aliphatic rings. The summed E-state index contributed by atoms with van der Waals surface area (Å²) in [5.41, 5.74) is 0. The Morgan fingerprint density at radius 1 is 1.45 bits per heavy atom. The van der Waals surface area contributed by atoms with Crippen molar-refractivity contribution in [1.82, 2.24) is 0 Å². The molecule has 3 nitrogen and oxygen atoms in total. The molecule has 0 fully saturated rings. The SMILES string of the molecule is O=P(=O)[C@@H](O)[C@@H]1CC=CCC1. The monoisotopic (exact) mass is 174 g/mol. The van der Waals surface area contributed by atoms with E-state index in [0.717, 1.165) is 12.8 Å². The van der Waals surface area contributed by atoms with Gasteiger partial charge in [0.2, 0.25) is 0 Å². The Balaban J connectivity index is 2.53. The van der Waals surface area contributed by atoms with E-state index < -0.39 is 13.5 Å². The van der Waals surface area contributed by atoms with Gasteiger partial charge in [0.25, 0.3) is 0 Å².